The lowest BCUT2D eigenvalue weighted by atomic mass is 9.71. The maximum Gasteiger partial charge on any atom is 0.0535 e. The molecule has 0 heterocycles. The van der Waals surface area contributed by atoms with Gasteiger partial charge >= 0.3 is 0 Å². The van der Waals surface area contributed by atoms with E-state index in [2.05, 4.69) is 0 Å². The molecule has 0 aromatic rings. The SMILES string of the molecule is CC(C)CC(C(=O)[O-])(C(=O)[O-])C(C)C. The van der Waals surface area contributed by atoms with Crippen LogP contribution < -0.4 is 10.2 Å². The molecule has 14 heavy (non-hydrogen) atoms. The molecule has 0 bridgehead atoms. The van der Waals surface area contributed by atoms with E-state index in [0.717, 1.165) is 0 Å². The summed E-state index contributed by atoms with van der Waals surface area (Å²) in [7, 11) is 0. The van der Waals surface area contributed by atoms with Crippen molar-refractivity contribution in [2.45, 2.75) is 34.1 Å². The first kappa shape index (κ1) is 12.9. The van der Waals surface area contributed by atoms with E-state index < -0.39 is 23.3 Å². The van der Waals surface area contributed by atoms with E-state index in [0.29, 0.717) is 0 Å². The number of carbonyl (C=O) groups excluding carboxylic acids is 2. The number of carbonyl (C=O) groups is 2. The normalized spacial score (nSPS) is 12.1. The van der Waals surface area contributed by atoms with Crippen molar-refractivity contribution < 1.29 is 19.8 Å². The molecule has 0 atom stereocenters. The first-order valence-corrected chi connectivity index (χ1v) is 4.68. The van der Waals surface area contributed by atoms with Crippen LogP contribution in [0.5, 0.6) is 0 Å². The lowest BCUT2D eigenvalue weighted by Crippen LogP contribution is -2.57. The summed E-state index contributed by atoms with van der Waals surface area (Å²) >= 11 is 0. The van der Waals surface area contributed by atoms with Gasteiger partial charge in [0.15, 0.2) is 0 Å². The molecule has 0 rings (SSSR count). The second kappa shape index (κ2) is 4.44. The minimum absolute atomic E-state index is 0.0341. The Labute approximate surface area is 83.9 Å². The molecule has 0 aromatic heterocycles. The Morgan fingerprint density at radius 2 is 1.43 bits per heavy atom. The quantitative estimate of drug-likeness (QED) is 0.543. The zero-order valence-electron chi connectivity index (χ0n) is 8.99. The van der Waals surface area contributed by atoms with Crippen LogP contribution in [0.25, 0.3) is 0 Å². The Morgan fingerprint density at radius 1 is 1.07 bits per heavy atom. The van der Waals surface area contributed by atoms with E-state index in [-0.39, 0.29) is 12.3 Å². The van der Waals surface area contributed by atoms with E-state index in [1.807, 2.05) is 0 Å². The third-order valence-corrected chi connectivity index (χ3v) is 2.44. The van der Waals surface area contributed by atoms with Gasteiger partial charge in [-0.05, 0) is 18.3 Å². The van der Waals surface area contributed by atoms with Crippen LogP contribution in [0.1, 0.15) is 34.1 Å². The zero-order chi connectivity index (χ0) is 11.5. The Bertz CT molecular complexity index is 216. The Hall–Kier alpha value is -1.06. The van der Waals surface area contributed by atoms with E-state index in [1.54, 1.807) is 27.7 Å². The van der Waals surface area contributed by atoms with Crippen molar-refractivity contribution in [1.29, 1.82) is 0 Å². The highest BCUT2D eigenvalue weighted by molar-refractivity contribution is 5.96. The average molecular weight is 200 g/mol. The van der Waals surface area contributed by atoms with Gasteiger partial charge in [-0.15, -0.1) is 0 Å². The van der Waals surface area contributed by atoms with Crippen LogP contribution >= 0.6 is 0 Å². The maximum atomic E-state index is 10.9. The molecular weight excluding hydrogens is 184 g/mol. The summed E-state index contributed by atoms with van der Waals surface area (Å²) in [5, 5.41) is 21.8. The van der Waals surface area contributed by atoms with Gasteiger partial charge in [0.2, 0.25) is 0 Å². The Morgan fingerprint density at radius 3 is 1.50 bits per heavy atom. The average Bonchev–Trinajstić information content (AvgIpc) is 1.97. The van der Waals surface area contributed by atoms with Gasteiger partial charge in [-0.2, -0.15) is 0 Å². The third kappa shape index (κ3) is 2.25. The molecule has 0 fully saturated rings. The predicted octanol–water partition coefficient (Wildman–Crippen LogP) is -0.825. The van der Waals surface area contributed by atoms with Crippen LogP contribution in [0.2, 0.25) is 0 Å². The fourth-order valence-corrected chi connectivity index (χ4v) is 1.60. The molecule has 4 nitrogen and oxygen atoms in total. The first-order chi connectivity index (χ1) is 6.25. The van der Waals surface area contributed by atoms with E-state index in [1.165, 1.54) is 0 Å². The topological polar surface area (TPSA) is 80.3 Å². The van der Waals surface area contributed by atoms with E-state index in [9.17, 15) is 19.8 Å². The molecule has 0 aliphatic rings. The van der Waals surface area contributed by atoms with Crippen LogP contribution in [0.15, 0.2) is 0 Å². The molecule has 0 saturated heterocycles. The van der Waals surface area contributed by atoms with Gasteiger partial charge in [0.05, 0.1) is 17.4 Å². The number of hydrogen-bond acceptors (Lipinski definition) is 4. The monoisotopic (exact) mass is 200 g/mol. The number of carboxylic acid groups (broad SMARTS) is 2. The van der Waals surface area contributed by atoms with Gasteiger partial charge in [-0.3, -0.25) is 0 Å². The minimum Gasteiger partial charge on any atom is -0.549 e. The molecule has 0 saturated carbocycles. The molecule has 0 aromatic carbocycles. The molecule has 0 aliphatic carbocycles. The molecule has 0 aliphatic heterocycles. The highest BCUT2D eigenvalue weighted by Gasteiger charge is 2.37. The summed E-state index contributed by atoms with van der Waals surface area (Å²) < 4.78 is 0. The van der Waals surface area contributed by atoms with Gasteiger partial charge in [-0.25, -0.2) is 0 Å². The fraction of sp³-hybridized carbons (Fsp3) is 0.800. The second-order valence-corrected chi connectivity index (χ2v) is 4.30. The van der Waals surface area contributed by atoms with Crippen molar-refractivity contribution >= 4 is 11.9 Å². The van der Waals surface area contributed by atoms with Crippen molar-refractivity contribution in [3.8, 4) is 0 Å². The van der Waals surface area contributed by atoms with Crippen molar-refractivity contribution in [2.24, 2.45) is 17.3 Å². The summed E-state index contributed by atoms with van der Waals surface area (Å²) in [4.78, 5) is 21.8. The Balaban J connectivity index is 5.16. The minimum atomic E-state index is -1.87. The summed E-state index contributed by atoms with van der Waals surface area (Å²) in [5.41, 5.74) is -1.87. The van der Waals surface area contributed by atoms with Gasteiger partial charge in [0.1, 0.15) is 0 Å². The van der Waals surface area contributed by atoms with Crippen LogP contribution in [0.3, 0.4) is 0 Å². The number of carboxylic acids is 2. The molecule has 0 spiro atoms. The van der Waals surface area contributed by atoms with Crippen molar-refractivity contribution in [1.82, 2.24) is 0 Å². The zero-order valence-corrected chi connectivity index (χ0v) is 8.99. The molecule has 0 unspecified atom stereocenters. The van der Waals surface area contributed by atoms with Gasteiger partial charge in [0, 0.05) is 0 Å². The Kier molecular flexibility index (Phi) is 4.10. The van der Waals surface area contributed by atoms with Gasteiger partial charge in [0.25, 0.3) is 0 Å². The summed E-state index contributed by atoms with van der Waals surface area (Å²) in [5.74, 6) is -3.68. The molecule has 0 N–H and O–H groups in total. The number of hydrogen-bond donors (Lipinski definition) is 0. The highest BCUT2D eigenvalue weighted by atomic mass is 16.4. The van der Waals surface area contributed by atoms with Gasteiger partial charge < -0.3 is 19.8 Å². The van der Waals surface area contributed by atoms with Crippen molar-refractivity contribution in [3.63, 3.8) is 0 Å². The van der Waals surface area contributed by atoms with E-state index in [4.69, 9.17) is 0 Å². The number of rotatable bonds is 5. The molecule has 0 amide bonds. The van der Waals surface area contributed by atoms with Crippen LogP contribution in [0, 0.1) is 17.3 Å². The molecule has 82 valence electrons. The summed E-state index contributed by atoms with van der Waals surface area (Å²) in [6.07, 6.45) is 0.0370. The van der Waals surface area contributed by atoms with Gasteiger partial charge in [-0.1, -0.05) is 27.7 Å². The largest absolute Gasteiger partial charge is 0.549 e. The smallest absolute Gasteiger partial charge is 0.0535 e. The summed E-state index contributed by atoms with van der Waals surface area (Å²) in [6, 6.07) is 0. The third-order valence-electron chi connectivity index (χ3n) is 2.44. The van der Waals surface area contributed by atoms with Crippen LogP contribution in [-0.4, -0.2) is 11.9 Å². The molecule has 4 heteroatoms. The lowest BCUT2D eigenvalue weighted by Gasteiger charge is -2.40. The summed E-state index contributed by atoms with van der Waals surface area (Å²) in [6.45, 7) is 6.63. The first-order valence-electron chi connectivity index (χ1n) is 4.68. The molecular formula is C10H16O4-2. The van der Waals surface area contributed by atoms with E-state index >= 15 is 0 Å². The van der Waals surface area contributed by atoms with Crippen molar-refractivity contribution in [2.75, 3.05) is 0 Å². The fourth-order valence-electron chi connectivity index (χ4n) is 1.60. The van der Waals surface area contributed by atoms with Crippen molar-refractivity contribution in [3.05, 3.63) is 0 Å². The second-order valence-electron chi connectivity index (χ2n) is 4.30. The van der Waals surface area contributed by atoms with Crippen LogP contribution in [-0.2, 0) is 9.59 Å². The standard InChI is InChI=1S/C10H18O4/c1-6(2)5-10(7(3)4,8(11)12)9(13)14/h6-7H,5H2,1-4H3,(H,11,12)(H,13,14)/p-2. The maximum absolute atomic E-state index is 10.9. The number of aliphatic carboxylic acids is 2. The highest BCUT2D eigenvalue weighted by Crippen LogP contribution is 2.33. The molecule has 0 radical (unpaired) electrons. The predicted molar refractivity (Wildman–Crippen MR) is 46.7 cm³/mol. The lowest BCUT2D eigenvalue weighted by molar-refractivity contribution is -0.347. The van der Waals surface area contributed by atoms with Crippen LogP contribution in [0.4, 0.5) is 0 Å².